The predicted molar refractivity (Wildman–Crippen MR) is 45.0 cm³/mol. The summed E-state index contributed by atoms with van der Waals surface area (Å²) in [5, 5.41) is 8.56. The van der Waals surface area contributed by atoms with E-state index in [0.29, 0.717) is 12.1 Å². The van der Waals surface area contributed by atoms with Crippen LogP contribution in [-0.2, 0) is 6.42 Å². The van der Waals surface area contributed by atoms with Gasteiger partial charge in [0.25, 0.3) is 0 Å². The van der Waals surface area contributed by atoms with E-state index in [9.17, 15) is 4.79 Å². The highest BCUT2D eigenvalue weighted by Gasteiger charge is 1.95. The summed E-state index contributed by atoms with van der Waals surface area (Å²) in [6, 6.07) is 5.31. The zero-order valence-electron chi connectivity index (χ0n) is 6.73. The van der Waals surface area contributed by atoms with E-state index in [2.05, 4.69) is 4.98 Å². The zero-order valence-corrected chi connectivity index (χ0v) is 6.73. The van der Waals surface area contributed by atoms with Crippen LogP contribution in [-0.4, -0.2) is 23.0 Å². The van der Waals surface area contributed by atoms with E-state index in [0.717, 1.165) is 18.4 Å². The minimum atomic E-state index is 0.160. The summed E-state index contributed by atoms with van der Waals surface area (Å²) in [5.74, 6) is 0. The van der Waals surface area contributed by atoms with Crippen molar-refractivity contribution in [2.75, 3.05) is 6.61 Å². The third-order valence-corrected chi connectivity index (χ3v) is 1.54. The number of aliphatic hydroxyl groups excluding tert-OH is 1. The van der Waals surface area contributed by atoms with E-state index in [1.807, 2.05) is 6.07 Å². The fourth-order valence-corrected chi connectivity index (χ4v) is 0.963. The molecule has 0 saturated heterocycles. The Labute approximate surface area is 71.1 Å². The summed E-state index contributed by atoms with van der Waals surface area (Å²) in [6.45, 7) is 0.160. The first kappa shape index (κ1) is 8.87. The Balaban J connectivity index is 2.66. The number of aryl methyl sites for hydroxylation is 1. The van der Waals surface area contributed by atoms with Gasteiger partial charge in [0, 0.05) is 12.3 Å². The first-order chi connectivity index (χ1) is 5.86. The normalized spacial score (nSPS) is 9.75. The topological polar surface area (TPSA) is 50.2 Å². The Bertz CT molecular complexity index is 260. The third kappa shape index (κ3) is 2.43. The van der Waals surface area contributed by atoms with Gasteiger partial charge in [0.15, 0.2) is 6.29 Å². The largest absolute Gasteiger partial charge is 0.396 e. The number of aromatic nitrogens is 1. The Morgan fingerprint density at radius 3 is 3.00 bits per heavy atom. The van der Waals surface area contributed by atoms with Gasteiger partial charge in [-0.15, -0.1) is 0 Å². The van der Waals surface area contributed by atoms with Crippen LogP contribution < -0.4 is 0 Å². The Morgan fingerprint density at radius 2 is 2.33 bits per heavy atom. The molecule has 1 aromatic heterocycles. The molecule has 0 atom stereocenters. The number of rotatable bonds is 4. The van der Waals surface area contributed by atoms with Gasteiger partial charge in [0.2, 0.25) is 0 Å². The van der Waals surface area contributed by atoms with Crippen molar-refractivity contribution in [2.45, 2.75) is 12.8 Å². The standard InChI is InChI=1S/C9H11NO2/c11-6-2-5-8-3-1-4-9(7-12)10-8/h1,3-4,7,11H,2,5-6H2. The van der Waals surface area contributed by atoms with Gasteiger partial charge in [-0.1, -0.05) is 6.07 Å². The summed E-state index contributed by atoms with van der Waals surface area (Å²) in [7, 11) is 0. The SMILES string of the molecule is O=Cc1cccc(CCCO)n1. The summed E-state index contributed by atoms with van der Waals surface area (Å²) < 4.78 is 0. The number of aliphatic hydroxyl groups is 1. The number of carbonyl (C=O) groups is 1. The van der Waals surface area contributed by atoms with Crippen LogP contribution in [0.5, 0.6) is 0 Å². The van der Waals surface area contributed by atoms with Gasteiger partial charge in [-0.2, -0.15) is 0 Å². The molecule has 0 bridgehead atoms. The smallest absolute Gasteiger partial charge is 0.168 e. The monoisotopic (exact) mass is 165 g/mol. The number of hydrogen-bond donors (Lipinski definition) is 1. The lowest BCUT2D eigenvalue weighted by Gasteiger charge is -1.98. The molecule has 0 fully saturated rings. The lowest BCUT2D eigenvalue weighted by molar-refractivity contribution is 0.111. The minimum absolute atomic E-state index is 0.160. The summed E-state index contributed by atoms with van der Waals surface area (Å²) in [4.78, 5) is 14.4. The molecular weight excluding hydrogens is 154 g/mol. The molecule has 1 heterocycles. The molecule has 1 N–H and O–H groups in total. The first-order valence-corrected chi connectivity index (χ1v) is 3.89. The zero-order chi connectivity index (χ0) is 8.81. The second-order valence-electron chi connectivity index (χ2n) is 2.50. The molecule has 1 aromatic rings. The second kappa shape index (κ2) is 4.62. The number of nitrogens with zero attached hydrogens (tertiary/aromatic N) is 1. The number of pyridine rings is 1. The molecule has 3 heteroatoms. The van der Waals surface area contributed by atoms with Gasteiger partial charge < -0.3 is 5.11 Å². The van der Waals surface area contributed by atoms with Crippen molar-refractivity contribution in [3.05, 3.63) is 29.6 Å². The van der Waals surface area contributed by atoms with Crippen LogP contribution in [0.4, 0.5) is 0 Å². The summed E-state index contributed by atoms with van der Waals surface area (Å²) in [5.41, 5.74) is 1.30. The molecule has 0 aliphatic rings. The van der Waals surface area contributed by atoms with E-state index < -0.39 is 0 Å². The van der Waals surface area contributed by atoms with E-state index >= 15 is 0 Å². The van der Waals surface area contributed by atoms with Gasteiger partial charge in [-0.25, -0.2) is 0 Å². The van der Waals surface area contributed by atoms with Gasteiger partial charge >= 0.3 is 0 Å². The van der Waals surface area contributed by atoms with E-state index in [-0.39, 0.29) is 6.61 Å². The van der Waals surface area contributed by atoms with Crippen LogP contribution in [0.1, 0.15) is 22.6 Å². The molecule has 0 radical (unpaired) electrons. The van der Waals surface area contributed by atoms with Crippen molar-refractivity contribution in [1.82, 2.24) is 4.98 Å². The van der Waals surface area contributed by atoms with Crippen LogP contribution >= 0.6 is 0 Å². The highest BCUT2D eigenvalue weighted by Crippen LogP contribution is 2.00. The second-order valence-corrected chi connectivity index (χ2v) is 2.50. The lowest BCUT2D eigenvalue weighted by Crippen LogP contribution is -1.95. The first-order valence-electron chi connectivity index (χ1n) is 3.89. The van der Waals surface area contributed by atoms with Gasteiger partial charge in [-0.05, 0) is 25.0 Å². The predicted octanol–water partition coefficient (Wildman–Crippen LogP) is 0.819. The van der Waals surface area contributed by atoms with Crippen LogP contribution in [0.3, 0.4) is 0 Å². The Kier molecular flexibility index (Phi) is 3.41. The van der Waals surface area contributed by atoms with Crippen molar-refractivity contribution < 1.29 is 9.90 Å². The van der Waals surface area contributed by atoms with Crippen molar-refractivity contribution in [2.24, 2.45) is 0 Å². The molecule has 0 unspecified atom stereocenters. The maximum Gasteiger partial charge on any atom is 0.168 e. The van der Waals surface area contributed by atoms with Crippen molar-refractivity contribution in [3.63, 3.8) is 0 Å². The summed E-state index contributed by atoms with van der Waals surface area (Å²) in [6.07, 6.45) is 2.13. The van der Waals surface area contributed by atoms with Crippen LogP contribution in [0.15, 0.2) is 18.2 Å². The minimum Gasteiger partial charge on any atom is -0.396 e. The third-order valence-electron chi connectivity index (χ3n) is 1.54. The highest BCUT2D eigenvalue weighted by molar-refractivity contribution is 5.71. The van der Waals surface area contributed by atoms with E-state index in [1.165, 1.54) is 0 Å². The van der Waals surface area contributed by atoms with Crippen molar-refractivity contribution >= 4 is 6.29 Å². The Hall–Kier alpha value is -1.22. The molecule has 0 saturated carbocycles. The van der Waals surface area contributed by atoms with Crippen LogP contribution in [0.2, 0.25) is 0 Å². The molecule has 64 valence electrons. The van der Waals surface area contributed by atoms with Gasteiger partial charge in [0.05, 0.1) is 0 Å². The number of aldehydes is 1. The molecular formula is C9H11NO2. The lowest BCUT2D eigenvalue weighted by atomic mass is 10.2. The Morgan fingerprint density at radius 1 is 1.50 bits per heavy atom. The molecule has 0 aliphatic heterocycles. The molecule has 1 rings (SSSR count). The average molecular weight is 165 g/mol. The fourth-order valence-electron chi connectivity index (χ4n) is 0.963. The van der Waals surface area contributed by atoms with Crippen LogP contribution in [0, 0.1) is 0 Å². The average Bonchev–Trinajstić information content (AvgIpc) is 2.15. The maximum atomic E-state index is 10.3. The molecule has 12 heavy (non-hydrogen) atoms. The van der Waals surface area contributed by atoms with E-state index in [4.69, 9.17) is 5.11 Å². The molecule has 0 spiro atoms. The number of carbonyl (C=O) groups excluding carboxylic acids is 1. The fraction of sp³-hybridized carbons (Fsp3) is 0.333. The maximum absolute atomic E-state index is 10.3. The number of hydrogen-bond acceptors (Lipinski definition) is 3. The van der Waals surface area contributed by atoms with E-state index in [1.54, 1.807) is 12.1 Å². The molecule has 0 amide bonds. The van der Waals surface area contributed by atoms with Crippen LogP contribution in [0.25, 0.3) is 0 Å². The molecule has 0 aromatic carbocycles. The van der Waals surface area contributed by atoms with Crippen molar-refractivity contribution in [1.29, 1.82) is 0 Å². The molecule has 3 nitrogen and oxygen atoms in total. The highest BCUT2D eigenvalue weighted by atomic mass is 16.2. The van der Waals surface area contributed by atoms with Crippen molar-refractivity contribution in [3.8, 4) is 0 Å². The van der Waals surface area contributed by atoms with Gasteiger partial charge in [-0.3, -0.25) is 9.78 Å². The summed E-state index contributed by atoms with van der Waals surface area (Å²) >= 11 is 0. The van der Waals surface area contributed by atoms with Gasteiger partial charge in [0.1, 0.15) is 5.69 Å². The molecule has 0 aliphatic carbocycles. The quantitative estimate of drug-likeness (QED) is 0.672.